The van der Waals surface area contributed by atoms with E-state index in [0.717, 1.165) is 28.8 Å². The summed E-state index contributed by atoms with van der Waals surface area (Å²) in [6.07, 6.45) is 2.09. The number of ether oxygens (including phenoxy) is 1. The first-order valence-corrected chi connectivity index (χ1v) is 10.1. The second-order valence-electron chi connectivity index (χ2n) is 7.71. The van der Waals surface area contributed by atoms with E-state index in [0.29, 0.717) is 18.8 Å². The Morgan fingerprint density at radius 1 is 1.13 bits per heavy atom. The van der Waals surface area contributed by atoms with E-state index >= 15 is 0 Å². The van der Waals surface area contributed by atoms with Gasteiger partial charge in [-0.3, -0.25) is 10.1 Å². The van der Waals surface area contributed by atoms with Crippen LogP contribution >= 0.6 is 0 Å². The largest absolute Gasteiger partial charge is 0.433 e. The van der Waals surface area contributed by atoms with Crippen molar-refractivity contribution in [2.45, 2.75) is 26.8 Å². The van der Waals surface area contributed by atoms with Crippen molar-refractivity contribution in [2.24, 2.45) is 0 Å². The fourth-order valence-corrected chi connectivity index (χ4v) is 4.13. The van der Waals surface area contributed by atoms with Crippen molar-refractivity contribution in [2.75, 3.05) is 11.4 Å². The Morgan fingerprint density at radius 3 is 2.81 bits per heavy atom. The molecule has 4 aromatic rings. The Bertz CT molecular complexity index is 1310. The van der Waals surface area contributed by atoms with Crippen molar-refractivity contribution in [3.05, 3.63) is 81.3 Å². The van der Waals surface area contributed by atoms with Crippen molar-refractivity contribution < 1.29 is 9.66 Å². The van der Waals surface area contributed by atoms with Gasteiger partial charge >= 0.3 is 11.6 Å². The summed E-state index contributed by atoms with van der Waals surface area (Å²) in [4.78, 5) is 25.3. The van der Waals surface area contributed by atoms with Crippen molar-refractivity contribution in [3.63, 3.8) is 0 Å². The number of aryl methyl sites for hydroxylation is 1. The van der Waals surface area contributed by atoms with Gasteiger partial charge in [0.1, 0.15) is 12.1 Å². The van der Waals surface area contributed by atoms with Gasteiger partial charge in [0, 0.05) is 23.1 Å². The lowest BCUT2D eigenvalue weighted by Gasteiger charge is -2.27. The predicted molar refractivity (Wildman–Crippen MR) is 118 cm³/mol. The lowest BCUT2D eigenvalue weighted by molar-refractivity contribution is -0.385. The first-order chi connectivity index (χ1) is 15.0. The second kappa shape index (κ2) is 7.39. The van der Waals surface area contributed by atoms with Crippen molar-refractivity contribution in [1.29, 1.82) is 0 Å². The summed E-state index contributed by atoms with van der Waals surface area (Å²) in [6.45, 7) is 5.01. The van der Waals surface area contributed by atoms with Crippen LogP contribution in [0.15, 0.2) is 48.8 Å². The molecular formula is C23H21N5O3. The molecule has 0 amide bonds. The summed E-state index contributed by atoms with van der Waals surface area (Å²) in [5.41, 5.74) is 5.12. The van der Waals surface area contributed by atoms with E-state index in [4.69, 9.17) is 4.74 Å². The van der Waals surface area contributed by atoms with Crippen molar-refractivity contribution in [1.82, 2.24) is 15.0 Å². The smallest absolute Gasteiger partial charge is 0.373 e. The first kappa shape index (κ1) is 19.0. The van der Waals surface area contributed by atoms with Crippen LogP contribution in [0.25, 0.3) is 10.9 Å². The standard InChI is InChI=1S/C23H21N5O3/c1-14-6-5-9-20(15(14)2)31-23-21(28(29)30)22(24-13-25-23)27-11-10-17-16-7-3-4-8-18(16)26-19(17)12-27/h3-9,13,26H,10-12H2,1-2H3. The Balaban J connectivity index is 1.53. The molecule has 156 valence electrons. The number of benzene rings is 2. The van der Waals surface area contributed by atoms with Gasteiger partial charge in [0.05, 0.1) is 11.5 Å². The van der Waals surface area contributed by atoms with Gasteiger partial charge in [0.25, 0.3) is 0 Å². The summed E-state index contributed by atoms with van der Waals surface area (Å²) in [5, 5.41) is 13.2. The van der Waals surface area contributed by atoms with Crippen LogP contribution in [0.3, 0.4) is 0 Å². The molecule has 0 saturated carbocycles. The summed E-state index contributed by atoms with van der Waals surface area (Å²) < 4.78 is 5.90. The van der Waals surface area contributed by atoms with Gasteiger partial charge in [-0.25, -0.2) is 4.98 Å². The van der Waals surface area contributed by atoms with E-state index in [1.165, 1.54) is 17.3 Å². The molecule has 1 N–H and O–H groups in total. The molecular weight excluding hydrogens is 394 g/mol. The Kier molecular flexibility index (Phi) is 4.54. The molecule has 3 heterocycles. The van der Waals surface area contributed by atoms with Crippen LogP contribution in [0.4, 0.5) is 11.5 Å². The molecule has 8 nitrogen and oxygen atoms in total. The Labute approximate surface area is 178 Å². The third-order valence-electron chi connectivity index (χ3n) is 5.90. The van der Waals surface area contributed by atoms with Crippen LogP contribution in [-0.2, 0) is 13.0 Å². The third kappa shape index (κ3) is 3.26. The number of aromatic amines is 1. The highest BCUT2D eigenvalue weighted by Gasteiger charge is 2.31. The zero-order valence-corrected chi connectivity index (χ0v) is 17.3. The summed E-state index contributed by atoms with van der Waals surface area (Å²) in [6, 6.07) is 13.8. The van der Waals surface area contributed by atoms with Crippen LogP contribution in [-0.4, -0.2) is 26.4 Å². The normalized spacial score (nSPS) is 13.3. The molecule has 0 atom stereocenters. The Hall–Kier alpha value is -3.94. The highest BCUT2D eigenvalue weighted by atomic mass is 16.6. The van der Waals surface area contributed by atoms with E-state index in [9.17, 15) is 10.1 Å². The van der Waals surface area contributed by atoms with Gasteiger partial charge in [0.2, 0.25) is 5.82 Å². The van der Waals surface area contributed by atoms with Crippen molar-refractivity contribution >= 4 is 22.4 Å². The second-order valence-corrected chi connectivity index (χ2v) is 7.71. The van der Waals surface area contributed by atoms with E-state index in [2.05, 4.69) is 21.0 Å². The van der Waals surface area contributed by atoms with Gasteiger partial charge in [-0.2, -0.15) is 4.98 Å². The molecule has 2 aromatic carbocycles. The molecule has 0 radical (unpaired) electrons. The SMILES string of the molecule is Cc1cccc(Oc2ncnc(N3CCc4c([nH]c5ccccc45)C3)c2[N+](=O)[O-])c1C. The van der Waals surface area contributed by atoms with Crippen LogP contribution < -0.4 is 9.64 Å². The highest BCUT2D eigenvalue weighted by Crippen LogP contribution is 2.39. The zero-order valence-electron chi connectivity index (χ0n) is 17.3. The number of fused-ring (bicyclic) bond motifs is 3. The topological polar surface area (TPSA) is 97.2 Å². The van der Waals surface area contributed by atoms with Gasteiger partial charge in [0.15, 0.2) is 0 Å². The molecule has 8 heteroatoms. The van der Waals surface area contributed by atoms with Gasteiger partial charge in [-0.15, -0.1) is 0 Å². The molecule has 1 aliphatic heterocycles. The van der Waals surface area contributed by atoms with Crippen LogP contribution in [0, 0.1) is 24.0 Å². The average Bonchev–Trinajstić information content (AvgIpc) is 3.14. The highest BCUT2D eigenvalue weighted by molar-refractivity contribution is 5.85. The molecule has 0 fully saturated rings. The van der Waals surface area contributed by atoms with Crippen LogP contribution in [0.5, 0.6) is 11.6 Å². The van der Waals surface area contributed by atoms with E-state index in [-0.39, 0.29) is 17.4 Å². The maximum Gasteiger partial charge on any atom is 0.373 e. The average molecular weight is 415 g/mol. The maximum atomic E-state index is 12.0. The molecule has 5 rings (SSSR count). The maximum absolute atomic E-state index is 12.0. The van der Waals surface area contributed by atoms with Crippen molar-refractivity contribution in [3.8, 4) is 11.6 Å². The number of H-pyrrole nitrogens is 1. The molecule has 2 aromatic heterocycles. The molecule has 0 bridgehead atoms. The third-order valence-corrected chi connectivity index (χ3v) is 5.90. The number of para-hydroxylation sites is 1. The van der Waals surface area contributed by atoms with Gasteiger partial charge in [-0.05, 0) is 49.1 Å². The number of nitrogens with one attached hydrogen (secondary N) is 1. The quantitative estimate of drug-likeness (QED) is 0.378. The lowest BCUT2D eigenvalue weighted by Crippen LogP contribution is -2.31. The van der Waals surface area contributed by atoms with Crippen LogP contribution in [0.2, 0.25) is 0 Å². The Morgan fingerprint density at radius 2 is 1.97 bits per heavy atom. The fraction of sp³-hybridized carbons (Fsp3) is 0.217. The molecule has 31 heavy (non-hydrogen) atoms. The first-order valence-electron chi connectivity index (χ1n) is 10.1. The number of nitrogens with zero attached hydrogens (tertiary/aromatic N) is 4. The minimum absolute atomic E-state index is 0.0499. The number of hydrogen-bond donors (Lipinski definition) is 1. The number of aromatic nitrogens is 3. The molecule has 1 aliphatic rings. The predicted octanol–water partition coefficient (Wildman–Crippen LogP) is 4.84. The van der Waals surface area contributed by atoms with E-state index in [1.54, 1.807) is 6.07 Å². The van der Waals surface area contributed by atoms with E-state index < -0.39 is 4.92 Å². The minimum Gasteiger partial charge on any atom is -0.433 e. The molecule has 0 spiro atoms. The number of nitro groups is 1. The fourth-order valence-electron chi connectivity index (χ4n) is 4.13. The number of hydrogen-bond acceptors (Lipinski definition) is 6. The zero-order chi connectivity index (χ0) is 21.5. The summed E-state index contributed by atoms with van der Waals surface area (Å²) in [5.74, 6) is 0.764. The minimum atomic E-state index is -0.462. The monoisotopic (exact) mass is 415 g/mol. The lowest BCUT2D eigenvalue weighted by atomic mass is 10.0. The number of rotatable bonds is 4. The van der Waals surface area contributed by atoms with Gasteiger partial charge < -0.3 is 14.6 Å². The molecule has 0 unspecified atom stereocenters. The summed E-state index contributed by atoms with van der Waals surface area (Å²) >= 11 is 0. The van der Waals surface area contributed by atoms with E-state index in [1.807, 2.05) is 49.1 Å². The van der Waals surface area contributed by atoms with Gasteiger partial charge in [-0.1, -0.05) is 30.3 Å². The molecule has 0 aliphatic carbocycles. The summed E-state index contributed by atoms with van der Waals surface area (Å²) in [7, 11) is 0. The van der Waals surface area contributed by atoms with Crippen LogP contribution in [0.1, 0.15) is 22.4 Å². The number of anilines is 1. The molecule has 0 saturated heterocycles.